The van der Waals surface area contributed by atoms with E-state index in [1.54, 1.807) is 0 Å². The largest absolute Gasteiger partial charge is 0.312 e. The van der Waals surface area contributed by atoms with Gasteiger partial charge in [0.1, 0.15) is 0 Å². The number of hydrogen-bond acceptors (Lipinski definition) is 1. The zero-order valence-electron chi connectivity index (χ0n) is 5.90. The molecular weight excluding hydrogens is 169 g/mol. The number of hydrogen-bond donors (Lipinski definition) is 1. The zero-order valence-corrected chi connectivity index (χ0v) is 7.47. The third-order valence-corrected chi connectivity index (χ3v) is 2.96. The maximum absolute atomic E-state index is 5.70. The van der Waals surface area contributed by atoms with E-state index in [0.29, 0.717) is 6.04 Å². The first-order valence-corrected chi connectivity index (χ1v) is 4.17. The first-order valence-electron chi connectivity index (χ1n) is 3.64. The molecule has 0 aromatic carbocycles. The summed E-state index contributed by atoms with van der Waals surface area (Å²) in [6.45, 7) is 1.23. The zero-order chi connectivity index (χ0) is 6.32. The maximum Gasteiger partial charge on any atom is 0.0377 e. The van der Waals surface area contributed by atoms with E-state index in [0.717, 1.165) is 11.3 Å². The fourth-order valence-electron chi connectivity index (χ4n) is 1.69. The molecule has 0 amide bonds. The maximum atomic E-state index is 5.70. The molecule has 0 radical (unpaired) electrons. The summed E-state index contributed by atoms with van der Waals surface area (Å²) in [5.74, 6) is 0.793. The van der Waals surface area contributed by atoms with Gasteiger partial charge in [0.2, 0.25) is 0 Å². The molecule has 60 valence electrons. The SMILES string of the molecule is Cl.ClCC1CC2(CC2)CN1. The Morgan fingerprint density at radius 3 is 2.50 bits per heavy atom. The molecule has 0 aromatic heterocycles. The average Bonchev–Trinajstić information content (AvgIpc) is 2.44. The highest BCUT2D eigenvalue weighted by Crippen LogP contribution is 2.51. The van der Waals surface area contributed by atoms with E-state index in [1.165, 1.54) is 25.8 Å². The summed E-state index contributed by atoms with van der Waals surface area (Å²) >= 11 is 5.70. The topological polar surface area (TPSA) is 12.0 Å². The van der Waals surface area contributed by atoms with Crippen LogP contribution in [-0.4, -0.2) is 18.5 Å². The molecule has 1 aliphatic heterocycles. The molecule has 1 N–H and O–H groups in total. The van der Waals surface area contributed by atoms with Crippen LogP contribution in [0.1, 0.15) is 19.3 Å². The van der Waals surface area contributed by atoms with Gasteiger partial charge in [-0.3, -0.25) is 0 Å². The highest BCUT2D eigenvalue weighted by Gasteiger charge is 2.47. The van der Waals surface area contributed by atoms with Crippen LogP contribution in [0.15, 0.2) is 0 Å². The summed E-state index contributed by atoms with van der Waals surface area (Å²) in [4.78, 5) is 0. The van der Waals surface area contributed by atoms with Gasteiger partial charge in [-0.25, -0.2) is 0 Å². The van der Waals surface area contributed by atoms with Crippen molar-refractivity contribution in [1.29, 1.82) is 0 Å². The molecule has 1 heterocycles. The molecule has 1 saturated heterocycles. The molecule has 1 spiro atoms. The molecule has 1 unspecified atom stereocenters. The van der Waals surface area contributed by atoms with E-state index in [1.807, 2.05) is 0 Å². The van der Waals surface area contributed by atoms with Gasteiger partial charge in [0.05, 0.1) is 0 Å². The number of rotatable bonds is 1. The molecule has 0 aromatic rings. The average molecular weight is 182 g/mol. The lowest BCUT2D eigenvalue weighted by atomic mass is 10.0. The van der Waals surface area contributed by atoms with Crippen LogP contribution in [0.3, 0.4) is 0 Å². The lowest BCUT2D eigenvalue weighted by Crippen LogP contribution is -2.22. The Hall–Kier alpha value is 0.540. The van der Waals surface area contributed by atoms with Crippen molar-refractivity contribution in [3.05, 3.63) is 0 Å². The molecule has 10 heavy (non-hydrogen) atoms. The van der Waals surface area contributed by atoms with Crippen LogP contribution in [0.4, 0.5) is 0 Å². The third-order valence-electron chi connectivity index (χ3n) is 2.59. The minimum atomic E-state index is 0. The van der Waals surface area contributed by atoms with Gasteiger partial charge in [-0.2, -0.15) is 0 Å². The summed E-state index contributed by atoms with van der Waals surface area (Å²) in [6, 6.07) is 0.620. The van der Waals surface area contributed by atoms with Crippen LogP contribution in [0.2, 0.25) is 0 Å². The molecule has 1 nitrogen and oxygen atoms in total. The van der Waals surface area contributed by atoms with E-state index in [4.69, 9.17) is 11.6 Å². The monoisotopic (exact) mass is 181 g/mol. The molecule has 0 bridgehead atoms. The summed E-state index contributed by atoms with van der Waals surface area (Å²) in [5.41, 5.74) is 0.722. The summed E-state index contributed by atoms with van der Waals surface area (Å²) in [7, 11) is 0. The van der Waals surface area contributed by atoms with Crippen LogP contribution in [0, 0.1) is 5.41 Å². The van der Waals surface area contributed by atoms with Crippen LogP contribution in [-0.2, 0) is 0 Å². The van der Waals surface area contributed by atoms with Crippen molar-refractivity contribution in [2.45, 2.75) is 25.3 Å². The first-order chi connectivity index (χ1) is 4.35. The van der Waals surface area contributed by atoms with Gasteiger partial charge in [0, 0.05) is 18.5 Å². The lowest BCUT2D eigenvalue weighted by Gasteiger charge is -2.02. The van der Waals surface area contributed by atoms with Crippen LogP contribution in [0.5, 0.6) is 0 Å². The Morgan fingerprint density at radius 2 is 2.20 bits per heavy atom. The smallest absolute Gasteiger partial charge is 0.0377 e. The van der Waals surface area contributed by atoms with Crippen molar-refractivity contribution in [2.24, 2.45) is 5.41 Å². The fraction of sp³-hybridized carbons (Fsp3) is 1.00. The van der Waals surface area contributed by atoms with Gasteiger partial charge in [-0.1, -0.05) is 0 Å². The predicted molar refractivity (Wildman–Crippen MR) is 46.0 cm³/mol. The second-order valence-electron chi connectivity index (χ2n) is 3.44. The second kappa shape index (κ2) is 2.88. The number of alkyl halides is 1. The van der Waals surface area contributed by atoms with Crippen molar-refractivity contribution in [3.8, 4) is 0 Å². The van der Waals surface area contributed by atoms with Gasteiger partial charge in [-0.05, 0) is 24.7 Å². The second-order valence-corrected chi connectivity index (χ2v) is 3.74. The molecule has 2 rings (SSSR count). The van der Waals surface area contributed by atoms with E-state index in [9.17, 15) is 0 Å². The normalized spacial score (nSPS) is 33.9. The summed E-state index contributed by atoms with van der Waals surface area (Å²) < 4.78 is 0. The Morgan fingerprint density at radius 1 is 1.50 bits per heavy atom. The lowest BCUT2D eigenvalue weighted by molar-refractivity contribution is 0.558. The molecule has 2 fully saturated rings. The Kier molecular flexibility index (Phi) is 2.49. The van der Waals surface area contributed by atoms with Crippen LogP contribution < -0.4 is 5.32 Å². The van der Waals surface area contributed by atoms with Crippen LogP contribution >= 0.6 is 24.0 Å². The predicted octanol–water partition coefficient (Wildman–Crippen LogP) is 1.79. The van der Waals surface area contributed by atoms with Gasteiger partial charge >= 0.3 is 0 Å². The first kappa shape index (κ1) is 8.63. The molecule has 1 aliphatic carbocycles. The third kappa shape index (κ3) is 1.41. The highest BCUT2D eigenvalue weighted by atomic mass is 35.5. The number of halogens is 2. The quantitative estimate of drug-likeness (QED) is 0.609. The number of nitrogens with one attached hydrogen (secondary N) is 1. The van der Waals surface area contributed by atoms with E-state index < -0.39 is 0 Å². The molecule has 3 heteroatoms. The molecule has 1 saturated carbocycles. The van der Waals surface area contributed by atoms with E-state index in [2.05, 4.69) is 5.32 Å². The van der Waals surface area contributed by atoms with Gasteiger partial charge < -0.3 is 5.32 Å². The van der Waals surface area contributed by atoms with Crippen molar-refractivity contribution in [2.75, 3.05) is 12.4 Å². The fourth-order valence-corrected chi connectivity index (χ4v) is 1.91. The Balaban J connectivity index is 0.000000500. The molecule has 1 atom stereocenters. The van der Waals surface area contributed by atoms with Gasteiger partial charge in [-0.15, -0.1) is 24.0 Å². The van der Waals surface area contributed by atoms with E-state index in [-0.39, 0.29) is 12.4 Å². The summed E-state index contributed by atoms with van der Waals surface area (Å²) in [6.07, 6.45) is 4.21. The molecule has 2 aliphatic rings. The molecular formula is C7H13Cl2N. The van der Waals surface area contributed by atoms with E-state index >= 15 is 0 Å². The van der Waals surface area contributed by atoms with Gasteiger partial charge in [0.25, 0.3) is 0 Å². The van der Waals surface area contributed by atoms with Crippen molar-refractivity contribution in [3.63, 3.8) is 0 Å². The highest BCUT2D eigenvalue weighted by molar-refractivity contribution is 6.18. The summed E-state index contributed by atoms with van der Waals surface area (Å²) in [5, 5.41) is 3.43. The minimum Gasteiger partial charge on any atom is -0.312 e. The van der Waals surface area contributed by atoms with Crippen molar-refractivity contribution >= 4 is 24.0 Å². The Bertz CT molecular complexity index is 123. The Labute approximate surface area is 72.9 Å². The minimum absolute atomic E-state index is 0. The van der Waals surface area contributed by atoms with Crippen molar-refractivity contribution in [1.82, 2.24) is 5.32 Å². The van der Waals surface area contributed by atoms with Crippen LogP contribution in [0.25, 0.3) is 0 Å². The van der Waals surface area contributed by atoms with Gasteiger partial charge in [0.15, 0.2) is 0 Å². The van der Waals surface area contributed by atoms with Crippen molar-refractivity contribution < 1.29 is 0 Å². The standard InChI is InChI=1S/C7H12ClN.ClH/c8-4-6-3-7(1-2-7)5-9-6;/h6,9H,1-5H2;1H.